The van der Waals surface area contributed by atoms with Crippen LogP contribution >= 0.6 is 12.6 Å². The Morgan fingerprint density at radius 1 is 1.33 bits per heavy atom. The van der Waals surface area contributed by atoms with Crippen LogP contribution in [0.25, 0.3) is 0 Å². The molecule has 0 spiro atoms. The number of aryl methyl sites for hydroxylation is 1. The lowest BCUT2D eigenvalue weighted by Crippen LogP contribution is -1.98. The van der Waals surface area contributed by atoms with E-state index in [0.29, 0.717) is 17.7 Å². The fourth-order valence-corrected chi connectivity index (χ4v) is 1.28. The summed E-state index contributed by atoms with van der Waals surface area (Å²) in [5, 5.41) is 0. The molecule has 66 valence electrons. The van der Waals surface area contributed by atoms with Gasteiger partial charge in [-0.25, -0.2) is 8.78 Å². The van der Waals surface area contributed by atoms with Gasteiger partial charge in [0, 0.05) is 5.56 Å². The van der Waals surface area contributed by atoms with Crippen LogP contribution in [0, 0.1) is 18.6 Å². The Morgan fingerprint density at radius 3 is 2.58 bits per heavy atom. The van der Waals surface area contributed by atoms with E-state index in [0.717, 1.165) is 0 Å². The zero-order chi connectivity index (χ0) is 9.14. The molecule has 0 aromatic heterocycles. The number of benzene rings is 1. The molecule has 0 saturated carbocycles. The molecule has 0 aliphatic rings. The quantitative estimate of drug-likeness (QED) is 0.678. The Hall–Kier alpha value is -0.570. The average Bonchev–Trinajstić information content (AvgIpc) is 2.06. The first-order valence-corrected chi connectivity index (χ1v) is 4.34. The van der Waals surface area contributed by atoms with E-state index in [1.165, 1.54) is 12.1 Å². The van der Waals surface area contributed by atoms with Crippen LogP contribution < -0.4 is 0 Å². The maximum atomic E-state index is 13.2. The normalized spacial score (nSPS) is 10.3. The maximum absolute atomic E-state index is 13.2. The molecule has 3 heteroatoms. The van der Waals surface area contributed by atoms with Crippen LogP contribution in [0.4, 0.5) is 8.78 Å². The topological polar surface area (TPSA) is 0 Å². The Kier molecular flexibility index (Phi) is 3.09. The Balaban J connectivity index is 3.14. The van der Waals surface area contributed by atoms with Gasteiger partial charge in [0.2, 0.25) is 0 Å². The SMILES string of the molecule is Cc1ccc(F)c(CCS)c1F. The van der Waals surface area contributed by atoms with Crippen LogP contribution in [-0.4, -0.2) is 5.75 Å². The molecular weight excluding hydrogens is 178 g/mol. The molecule has 12 heavy (non-hydrogen) atoms. The standard InChI is InChI=1S/C9H10F2S/c1-6-2-3-8(10)7(4-5-12)9(6)11/h2-3,12H,4-5H2,1H3. The second kappa shape index (κ2) is 3.90. The molecular formula is C9H10F2S. The van der Waals surface area contributed by atoms with E-state index in [-0.39, 0.29) is 5.56 Å². The summed E-state index contributed by atoms with van der Waals surface area (Å²) < 4.78 is 26.1. The van der Waals surface area contributed by atoms with Gasteiger partial charge in [0.05, 0.1) is 0 Å². The first-order chi connectivity index (χ1) is 5.66. The number of hydrogen-bond acceptors (Lipinski definition) is 1. The fourth-order valence-electron chi connectivity index (χ4n) is 1.06. The van der Waals surface area contributed by atoms with Crippen molar-refractivity contribution in [2.45, 2.75) is 13.3 Å². The van der Waals surface area contributed by atoms with Gasteiger partial charge in [0.1, 0.15) is 11.6 Å². The molecule has 0 bridgehead atoms. The average molecular weight is 188 g/mol. The highest BCUT2D eigenvalue weighted by Crippen LogP contribution is 2.16. The zero-order valence-corrected chi connectivity index (χ0v) is 7.67. The van der Waals surface area contributed by atoms with Gasteiger partial charge in [-0.15, -0.1) is 0 Å². The van der Waals surface area contributed by atoms with Crippen LogP contribution in [0.1, 0.15) is 11.1 Å². The number of rotatable bonds is 2. The number of halogens is 2. The third-order valence-electron chi connectivity index (χ3n) is 1.74. The molecule has 1 aromatic carbocycles. The van der Waals surface area contributed by atoms with Crippen LogP contribution in [0.5, 0.6) is 0 Å². The van der Waals surface area contributed by atoms with E-state index in [9.17, 15) is 8.78 Å². The smallest absolute Gasteiger partial charge is 0.132 e. The molecule has 0 amide bonds. The van der Waals surface area contributed by atoms with E-state index in [1.54, 1.807) is 6.92 Å². The van der Waals surface area contributed by atoms with Gasteiger partial charge in [-0.2, -0.15) is 12.6 Å². The summed E-state index contributed by atoms with van der Waals surface area (Å²) in [5.74, 6) is -0.465. The molecule has 0 aliphatic heterocycles. The molecule has 0 saturated heterocycles. The monoisotopic (exact) mass is 188 g/mol. The fraction of sp³-hybridized carbons (Fsp3) is 0.333. The molecule has 0 fully saturated rings. The summed E-state index contributed by atoms with van der Waals surface area (Å²) in [4.78, 5) is 0. The maximum Gasteiger partial charge on any atom is 0.132 e. The number of thiol groups is 1. The summed E-state index contributed by atoms with van der Waals surface area (Å²) in [6.07, 6.45) is 0.336. The highest BCUT2D eigenvalue weighted by atomic mass is 32.1. The predicted octanol–water partition coefficient (Wildman–Crippen LogP) is 2.75. The minimum atomic E-state index is -0.479. The summed E-state index contributed by atoms with van der Waals surface area (Å²) >= 11 is 3.93. The van der Waals surface area contributed by atoms with Gasteiger partial charge in [0.15, 0.2) is 0 Å². The highest BCUT2D eigenvalue weighted by molar-refractivity contribution is 7.80. The van der Waals surface area contributed by atoms with Crippen molar-refractivity contribution < 1.29 is 8.78 Å². The van der Waals surface area contributed by atoms with Crippen molar-refractivity contribution in [2.24, 2.45) is 0 Å². The second-order valence-corrected chi connectivity index (χ2v) is 3.08. The zero-order valence-electron chi connectivity index (χ0n) is 6.77. The summed E-state index contributed by atoms with van der Waals surface area (Å²) in [5.41, 5.74) is 0.623. The van der Waals surface area contributed by atoms with Crippen molar-refractivity contribution >= 4 is 12.6 Å². The highest BCUT2D eigenvalue weighted by Gasteiger charge is 2.09. The van der Waals surface area contributed by atoms with Crippen LogP contribution in [0.2, 0.25) is 0 Å². The number of hydrogen-bond donors (Lipinski definition) is 1. The molecule has 0 N–H and O–H groups in total. The van der Waals surface area contributed by atoms with Gasteiger partial charge in [-0.3, -0.25) is 0 Å². The van der Waals surface area contributed by atoms with Crippen molar-refractivity contribution in [1.29, 1.82) is 0 Å². The van der Waals surface area contributed by atoms with Crippen molar-refractivity contribution in [3.05, 3.63) is 34.9 Å². The van der Waals surface area contributed by atoms with E-state index in [1.807, 2.05) is 0 Å². The molecule has 0 radical (unpaired) electrons. The largest absolute Gasteiger partial charge is 0.207 e. The Morgan fingerprint density at radius 2 is 2.00 bits per heavy atom. The van der Waals surface area contributed by atoms with Gasteiger partial charge >= 0.3 is 0 Å². The Labute approximate surface area is 76.0 Å². The van der Waals surface area contributed by atoms with Crippen LogP contribution in [0.15, 0.2) is 12.1 Å². The lowest BCUT2D eigenvalue weighted by atomic mass is 10.1. The Bertz CT molecular complexity index is 284. The molecule has 0 atom stereocenters. The predicted molar refractivity (Wildman–Crippen MR) is 48.7 cm³/mol. The molecule has 1 aromatic rings. The summed E-state index contributed by atoms with van der Waals surface area (Å²) in [6, 6.07) is 2.73. The summed E-state index contributed by atoms with van der Waals surface area (Å²) in [7, 11) is 0. The molecule has 1 rings (SSSR count). The first-order valence-electron chi connectivity index (χ1n) is 3.71. The third-order valence-corrected chi connectivity index (χ3v) is 1.96. The van der Waals surface area contributed by atoms with Gasteiger partial charge in [0.25, 0.3) is 0 Å². The summed E-state index contributed by atoms with van der Waals surface area (Å²) in [6.45, 7) is 1.62. The van der Waals surface area contributed by atoms with Gasteiger partial charge in [-0.1, -0.05) is 6.07 Å². The lowest BCUT2D eigenvalue weighted by Gasteiger charge is -2.04. The van der Waals surface area contributed by atoms with E-state index >= 15 is 0 Å². The van der Waals surface area contributed by atoms with Crippen LogP contribution in [0.3, 0.4) is 0 Å². The van der Waals surface area contributed by atoms with E-state index < -0.39 is 11.6 Å². The minimum absolute atomic E-state index is 0.144. The lowest BCUT2D eigenvalue weighted by molar-refractivity contribution is 0.554. The van der Waals surface area contributed by atoms with Crippen molar-refractivity contribution in [3.8, 4) is 0 Å². The van der Waals surface area contributed by atoms with Gasteiger partial charge in [-0.05, 0) is 30.7 Å². The van der Waals surface area contributed by atoms with Crippen molar-refractivity contribution in [1.82, 2.24) is 0 Å². The molecule has 0 heterocycles. The van der Waals surface area contributed by atoms with Crippen molar-refractivity contribution in [2.75, 3.05) is 5.75 Å². The second-order valence-electron chi connectivity index (χ2n) is 2.63. The third kappa shape index (κ3) is 1.78. The van der Waals surface area contributed by atoms with E-state index in [4.69, 9.17) is 0 Å². The molecule has 0 nitrogen and oxygen atoms in total. The van der Waals surface area contributed by atoms with Gasteiger partial charge < -0.3 is 0 Å². The minimum Gasteiger partial charge on any atom is -0.207 e. The van der Waals surface area contributed by atoms with Crippen molar-refractivity contribution in [3.63, 3.8) is 0 Å². The van der Waals surface area contributed by atoms with Crippen LogP contribution in [-0.2, 0) is 6.42 Å². The van der Waals surface area contributed by atoms with E-state index in [2.05, 4.69) is 12.6 Å². The molecule has 0 unspecified atom stereocenters. The molecule has 0 aliphatic carbocycles. The first kappa shape index (κ1) is 9.52.